The van der Waals surface area contributed by atoms with Crippen LogP contribution in [0, 0.1) is 12.7 Å². The van der Waals surface area contributed by atoms with Gasteiger partial charge in [0.05, 0.1) is 31.7 Å². The number of anilines is 2. The molecule has 5 rings (SSSR count). The number of alkyl halides is 1. The van der Waals surface area contributed by atoms with Crippen molar-refractivity contribution < 1.29 is 37.5 Å². The predicted molar refractivity (Wildman–Crippen MR) is 244 cm³/mol. The van der Waals surface area contributed by atoms with Gasteiger partial charge in [0.25, 0.3) is 5.91 Å². The van der Waals surface area contributed by atoms with Crippen LogP contribution in [0.1, 0.15) is 59.4 Å². The van der Waals surface area contributed by atoms with Gasteiger partial charge in [-0.2, -0.15) is 0 Å². The van der Waals surface area contributed by atoms with Crippen LogP contribution in [0.4, 0.5) is 25.1 Å². The summed E-state index contributed by atoms with van der Waals surface area (Å²) in [6.07, 6.45) is 14.4. The molecular weight excluding hydrogens is 811 g/mol. The molecule has 1 fully saturated rings. The van der Waals surface area contributed by atoms with Crippen LogP contribution in [0.3, 0.4) is 0 Å². The summed E-state index contributed by atoms with van der Waals surface area (Å²) in [6, 6.07) is 14.4. The van der Waals surface area contributed by atoms with Crippen molar-refractivity contribution in [2.45, 2.75) is 51.5 Å². The SMILES string of the molecule is C=C/C(=C(C=O)\C=C/CC)N(C)C(=O)N(C)c1ccc(CC(C=O)NC(=O)c2ccc(NC)c(F)c2)cn1.CF.CNOC.Cc1ccc(-c2cnc(C3CCOCC3)nc2)cc1. The van der Waals surface area contributed by atoms with E-state index in [0.717, 1.165) is 49.9 Å². The number of urea groups is 1. The van der Waals surface area contributed by atoms with E-state index in [1.165, 1.54) is 59.4 Å². The molecule has 4 aromatic rings. The first-order valence-corrected chi connectivity index (χ1v) is 20.2. The van der Waals surface area contributed by atoms with Gasteiger partial charge in [-0.1, -0.05) is 61.5 Å². The molecule has 338 valence electrons. The lowest BCUT2D eigenvalue weighted by Gasteiger charge is -2.25. The Labute approximate surface area is 369 Å². The number of pyridine rings is 1. The Morgan fingerprint density at radius 2 is 1.62 bits per heavy atom. The van der Waals surface area contributed by atoms with Crippen LogP contribution < -0.4 is 21.0 Å². The zero-order valence-electron chi connectivity index (χ0n) is 37.4. The molecule has 3 heterocycles. The second-order valence-electron chi connectivity index (χ2n) is 13.8. The molecule has 1 aliphatic heterocycles. The van der Waals surface area contributed by atoms with E-state index in [2.05, 4.69) is 73.7 Å². The number of allylic oxidation sites excluding steroid dienone is 4. The number of carbonyl (C=O) groups is 4. The molecule has 0 bridgehead atoms. The highest BCUT2D eigenvalue weighted by atomic mass is 19.1. The second kappa shape index (κ2) is 28.9. The number of aromatic nitrogens is 3. The molecule has 1 saturated heterocycles. The molecule has 0 spiro atoms. The number of rotatable bonds is 15. The Bertz CT molecular complexity index is 2090. The van der Waals surface area contributed by atoms with Crippen molar-refractivity contribution in [2.24, 2.45) is 0 Å². The van der Waals surface area contributed by atoms with Gasteiger partial charge in [0.15, 0.2) is 6.29 Å². The summed E-state index contributed by atoms with van der Waals surface area (Å²) in [5.41, 5.74) is 7.59. The number of aryl methyl sites for hydroxylation is 1. The fourth-order valence-electron chi connectivity index (χ4n) is 5.94. The van der Waals surface area contributed by atoms with Gasteiger partial charge in [-0.15, -0.1) is 0 Å². The minimum atomic E-state index is -0.870. The van der Waals surface area contributed by atoms with Crippen LogP contribution in [0.2, 0.25) is 0 Å². The Kier molecular flexibility index (Phi) is 24.2. The summed E-state index contributed by atoms with van der Waals surface area (Å²) in [7, 11) is 8.41. The van der Waals surface area contributed by atoms with Crippen molar-refractivity contribution in [3.8, 4) is 11.1 Å². The van der Waals surface area contributed by atoms with Crippen LogP contribution in [0.15, 0.2) is 109 Å². The van der Waals surface area contributed by atoms with E-state index < -0.39 is 23.8 Å². The van der Waals surface area contributed by atoms with Crippen LogP contribution >= 0.6 is 0 Å². The van der Waals surface area contributed by atoms with Gasteiger partial charge in [0, 0.05) is 89.0 Å². The molecular formula is C47H60F2N8O6. The van der Waals surface area contributed by atoms with Crippen LogP contribution in [-0.4, -0.2) is 106 Å². The van der Waals surface area contributed by atoms with Crippen LogP contribution in [-0.2, 0) is 25.6 Å². The van der Waals surface area contributed by atoms with Crippen LogP contribution in [0.25, 0.3) is 11.1 Å². The topological polar surface area (TPSA) is 168 Å². The van der Waals surface area contributed by atoms with E-state index in [1.54, 1.807) is 39.4 Å². The number of benzene rings is 2. The Morgan fingerprint density at radius 1 is 0.968 bits per heavy atom. The lowest BCUT2D eigenvalue weighted by molar-refractivity contribution is -0.109. The van der Waals surface area contributed by atoms with E-state index in [0.29, 0.717) is 48.3 Å². The van der Waals surface area contributed by atoms with Crippen molar-refractivity contribution in [3.63, 3.8) is 0 Å². The monoisotopic (exact) mass is 870 g/mol. The van der Waals surface area contributed by atoms with E-state index >= 15 is 0 Å². The largest absolute Gasteiger partial charge is 0.386 e. The maximum Gasteiger partial charge on any atom is 0.329 e. The highest BCUT2D eigenvalue weighted by molar-refractivity contribution is 5.96. The smallest absolute Gasteiger partial charge is 0.329 e. The van der Waals surface area contributed by atoms with Gasteiger partial charge in [-0.05, 0) is 67.7 Å². The molecule has 3 N–H and O–H groups in total. The normalized spacial score (nSPS) is 12.9. The number of halogens is 2. The summed E-state index contributed by atoms with van der Waals surface area (Å²) in [5, 5.41) is 5.25. The molecule has 16 heteroatoms. The highest BCUT2D eigenvalue weighted by Crippen LogP contribution is 2.26. The van der Waals surface area contributed by atoms with Crippen molar-refractivity contribution in [1.82, 2.24) is 30.6 Å². The third kappa shape index (κ3) is 16.7. The van der Waals surface area contributed by atoms with Gasteiger partial charge in [0.1, 0.15) is 23.7 Å². The Morgan fingerprint density at radius 3 is 2.13 bits per heavy atom. The standard InChI is InChI=1S/C28H32FN5O4.C16H18N2O.C2H7NO.CH3F/c1-6-8-9-21(17-35)25(7-2)33(4)28(38)34(5)26-13-10-19(16-31-26)14-22(18-36)32-27(37)20-11-12-24(30-3)23(29)15-20;1-12-2-4-13(5-3-12)15-10-17-16(18-11-15)14-6-8-19-9-7-14;1-3-4-2;1-2/h7-13,15-18,22,30H,2,6,14H2,1,3-5H3,(H,32,37);2-5,10-11,14H,6-9H2,1H3;3H,1-2H3;1H3/b9-8-,25-21-;;;. The minimum Gasteiger partial charge on any atom is -0.386 e. The molecule has 0 saturated carbocycles. The molecule has 1 unspecified atom stereocenters. The third-order valence-electron chi connectivity index (χ3n) is 9.52. The van der Waals surface area contributed by atoms with Crippen molar-refractivity contribution in [1.29, 1.82) is 0 Å². The average Bonchev–Trinajstić information content (AvgIpc) is 3.33. The quantitative estimate of drug-likeness (QED) is 0.0466. The van der Waals surface area contributed by atoms with Gasteiger partial charge in [0.2, 0.25) is 0 Å². The maximum atomic E-state index is 14.0. The summed E-state index contributed by atoms with van der Waals surface area (Å²) >= 11 is 0. The average molecular weight is 871 g/mol. The molecule has 1 atom stereocenters. The molecule has 63 heavy (non-hydrogen) atoms. The van der Waals surface area contributed by atoms with Gasteiger partial charge < -0.3 is 25.0 Å². The molecule has 0 aliphatic carbocycles. The number of hydrogen-bond acceptors (Lipinski definition) is 11. The zero-order valence-corrected chi connectivity index (χ0v) is 37.4. The fourth-order valence-corrected chi connectivity index (χ4v) is 5.94. The molecule has 14 nitrogen and oxygen atoms in total. The zero-order chi connectivity index (χ0) is 46.7. The summed E-state index contributed by atoms with van der Waals surface area (Å²) in [5.74, 6) is 0.580. The molecule has 2 aromatic heterocycles. The number of nitrogens with zero attached hydrogens (tertiary/aromatic N) is 5. The number of likely N-dealkylation sites (N-methyl/N-ethyl adjacent to an activating group) is 1. The first-order chi connectivity index (χ1) is 30.4. The number of aldehydes is 2. The predicted octanol–water partition coefficient (Wildman–Crippen LogP) is 7.59. The molecule has 3 amide bonds. The number of ether oxygens (including phenoxy) is 1. The van der Waals surface area contributed by atoms with E-state index in [-0.39, 0.29) is 17.7 Å². The van der Waals surface area contributed by atoms with E-state index in [4.69, 9.17) is 4.74 Å². The molecule has 2 aromatic carbocycles. The molecule has 0 radical (unpaired) electrons. The first-order valence-electron chi connectivity index (χ1n) is 20.2. The Balaban J connectivity index is 0.000000449. The lowest BCUT2D eigenvalue weighted by atomic mass is 9.99. The summed E-state index contributed by atoms with van der Waals surface area (Å²) in [4.78, 5) is 68.9. The van der Waals surface area contributed by atoms with Gasteiger partial charge in [-0.25, -0.2) is 29.6 Å². The van der Waals surface area contributed by atoms with E-state index in [9.17, 15) is 28.0 Å². The van der Waals surface area contributed by atoms with Gasteiger partial charge in [-0.3, -0.25) is 23.8 Å². The second-order valence-corrected chi connectivity index (χ2v) is 13.8. The minimum absolute atomic E-state index is 0.0851. The number of hydroxylamine groups is 1. The number of carbonyl (C=O) groups excluding carboxylic acids is 4. The number of hydrogen-bond donors (Lipinski definition) is 3. The third-order valence-corrected chi connectivity index (χ3v) is 9.52. The number of amides is 3. The van der Waals surface area contributed by atoms with Gasteiger partial charge >= 0.3 is 6.03 Å². The lowest BCUT2D eigenvalue weighted by Crippen LogP contribution is -2.39. The van der Waals surface area contributed by atoms with Crippen molar-refractivity contribution >= 4 is 36.0 Å². The fraction of sp³-hybridized carbons (Fsp3) is 0.340. The van der Waals surface area contributed by atoms with Crippen LogP contribution in [0.5, 0.6) is 0 Å². The number of nitrogens with one attached hydrogen (secondary N) is 3. The summed E-state index contributed by atoms with van der Waals surface area (Å²) < 4.78 is 28.9. The molecule has 1 aliphatic rings. The Hall–Kier alpha value is -6.49. The summed E-state index contributed by atoms with van der Waals surface area (Å²) in [6.45, 7) is 9.39. The van der Waals surface area contributed by atoms with E-state index in [1.807, 2.05) is 25.4 Å². The highest BCUT2D eigenvalue weighted by Gasteiger charge is 2.22. The maximum absolute atomic E-state index is 14.0. The van der Waals surface area contributed by atoms with Crippen molar-refractivity contribution in [2.75, 3.05) is 65.9 Å². The first kappa shape index (κ1) is 52.6. The van der Waals surface area contributed by atoms with Crippen molar-refractivity contribution in [3.05, 3.63) is 138 Å².